The Labute approximate surface area is 355 Å². The van der Waals surface area contributed by atoms with Crippen LogP contribution in [0.1, 0.15) is 77.1 Å². The third kappa shape index (κ3) is 9.52. The Morgan fingerprint density at radius 1 is 0.712 bits per heavy atom. The van der Waals surface area contributed by atoms with Gasteiger partial charge in [-0.25, -0.2) is 24.4 Å². The van der Waals surface area contributed by atoms with Crippen molar-refractivity contribution in [2.75, 3.05) is 27.3 Å². The van der Waals surface area contributed by atoms with E-state index < -0.39 is 24.4 Å². The number of amides is 5. The van der Waals surface area contributed by atoms with E-state index in [4.69, 9.17) is 19.4 Å². The lowest BCUT2D eigenvalue weighted by Crippen LogP contribution is -2.54. The third-order valence-corrected chi connectivity index (χ3v) is 11.1. The molecule has 3 aromatic carbocycles. The molecule has 2 aromatic heterocycles. The number of methoxy groups -OCH3 is 2. The summed E-state index contributed by atoms with van der Waals surface area (Å²) in [7, 11) is 2.58. The molecular weight excluding hydrogens is 797 g/mol. The molecule has 0 spiro atoms. The molecule has 0 aliphatic carbocycles. The molecule has 5 amide bonds. The van der Waals surface area contributed by atoms with Crippen LogP contribution < -0.4 is 16.0 Å². The minimum Gasteiger partial charge on any atom is -0.453 e. The number of aromatic nitrogens is 4. The van der Waals surface area contributed by atoms with Crippen LogP contribution in [0.3, 0.4) is 0 Å². The summed E-state index contributed by atoms with van der Waals surface area (Å²) in [5.74, 6) is 1.16. The molecule has 316 valence electrons. The second kappa shape index (κ2) is 19.0. The van der Waals surface area contributed by atoms with Crippen molar-refractivity contribution in [2.45, 2.75) is 77.7 Å². The maximum atomic E-state index is 13.6. The molecule has 2 aliphatic rings. The number of H-pyrrole nitrogens is 2. The fourth-order valence-electron chi connectivity index (χ4n) is 7.87. The largest absolute Gasteiger partial charge is 0.453 e. The molecule has 0 unspecified atom stereocenters. The highest BCUT2D eigenvalue weighted by molar-refractivity contribution is 5.92. The monoisotopic (exact) mass is 849 g/mol. The van der Waals surface area contributed by atoms with Gasteiger partial charge in [0.2, 0.25) is 5.91 Å². The maximum Gasteiger partial charge on any atom is 0.408 e. The smallest absolute Gasteiger partial charge is 0.408 e. The molecule has 59 heavy (non-hydrogen) atoms. The van der Waals surface area contributed by atoms with Gasteiger partial charge in [0.05, 0.1) is 49.2 Å². The van der Waals surface area contributed by atoms with Gasteiger partial charge in [-0.3, -0.25) is 4.79 Å². The number of alkyl carbamates (subject to hydrolysis) is 2. The van der Waals surface area contributed by atoms with Gasteiger partial charge in [-0.15, -0.1) is 24.8 Å². The number of rotatable bonds is 10. The lowest BCUT2D eigenvalue weighted by molar-refractivity contribution is -0.135. The van der Waals surface area contributed by atoms with E-state index in [9.17, 15) is 19.2 Å². The number of hydrogen-bond donors (Lipinski definition) is 5. The zero-order valence-electron chi connectivity index (χ0n) is 34.0. The molecule has 15 nitrogen and oxygen atoms in total. The Morgan fingerprint density at radius 2 is 1.31 bits per heavy atom. The summed E-state index contributed by atoms with van der Waals surface area (Å²) < 4.78 is 9.50. The van der Waals surface area contributed by atoms with Crippen LogP contribution in [-0.2, 0) is 14.3 Å². The molecule has 5 N–H and O–H groups in total. The van der Waals surface area contributed by atoms with Gasteiger partial charge in [0, 0.05) is 18.7 Å². The molecule has 2 fully saturated rings. The van der Waals surface area contributed by atoms with Crippen LogP contribution in [0.15, 0.2) is 60.8 Å². The number of benzene rings is 3. The van der Waals surface area contributed by atoms with E-state index >= 15 is 0 Å². The van der Waals surface area contributed by atoms with E-state index in [1.54, 1.807) is 4.90 Å². The number of fused-ring (bicyclic) bond motifs is 2. The molecule has 0 radical (unpaired) electrons. The van der Waals surface area contributed by atoms with Gasteiger partial charge in [0.25, 0.3) is 0 Å². The molecule has 0 bridgehead atoms. The second-order valence-electron chi connectivity index (χ2n) is 15.5. The Bertz CT molecular complexity index is 2290. The molecule has 2 saturated heterocycles. The van der Waals surface area contributed by atoms with Gasteiger partial charge in [-0.05, 0) is 83.7 Å². The number of hydrogen-bond acceptors (Lipinski definition) is 8. The van der Waals surface area contributed by atoms with Crippen molar-refractivity contribution >= 4 is 70.7 Å². The van der Waals surface area contributed by atoms with Gasteiger partial charge in [0.1, 0.15) is 23.9 Å². The van der Waals surface area contributed by atoms with Crippen molar-refractivity contribution in [3.8, 4) is 22.4 Å². The number of nitrogens with one attached hydrogen (secondary N) is 5. The zero-order valence-corrected chi connectivity index (χ0v) is 35.7. The van der Waals surface area contributed by atoms with Gasteiger partial charge in [0.15, 0.2) is 0 Å². The lowest BCUT2D eigenvalue weighted by atomic mass is 9.99. The van der Waals surface area contributed by atoms with Crippen LogP contribution in [0.2, 0.25) is 0 Å². The first-order chi connectivity index (χ1) is 27.4. The number of imidazole rings is 2. The first-order valence-corrected chi connectivity index (χ1v) is 19.6. The van der Waals surface area contributed by atoms with Crippen molar-refractivity contribution in [1.82, 2.24) is 45.7 Å². The Balaban J connectivity index is 0.00000331. The van der Waals surface area contributed by atoms with Gasteiger partial charge >= 0.3 is 18.2 Å². The SMILES string of the molecule is COC(=O)N[C@H](NC(=O)N1CCC[C@H]1c1nc2ccc(-c3ccc4cc(-c5cnc([C@@H]6CCCN6C(=O)[C@@H](NC(=O)OC)C(C)C)[nH]5)ccc4c3)cc2[nH]1)C(C)C.Cl.Cl. The highest BCUT2D eigenvalue weighted by Gasteiger charge is 2.38. The first kappa shape index (κ1) is 44.6. The average Bonchev–Trinajstić information content (AvgIpc) is 4.04. The van der Waals surface area contributed by atoms with E-state index in [1.807, 2.05) is 44.9 Å². The first-order valence-electron chi connectivity index (χ1n) is 19.6. The number of carbonyl (C=O) groups excluding carboxylic acids is 4. The van der Waals surface area contributed by atoms with Crippen LogP contribution in [0.4, 0.5) is 14.4 Å². The molecule has 2 aliphatic heterocycles. The summed E-state index contributed by atoms with van der Waals surface area (Å²) in [6.45, 7) is 8.81. The Morgan fingerprint density at radius 3 is 1.97 bits per heavy atom. The molecular formula is C42H53Cl2N9O6. The minimum absolute atomic E-state index is 0. The topological polar surface area (TPSA) is 187 Å². The normalized spacial score (nSPS) is 17.4. The van der Waals surface area contributed by atoms with E-state index in [1.165, 1.54) is 14.2 Å². The van der Waals surface area contributed by atoms with E-state index in [2.05, 4.69) is 74.4 Å². The number of halogens is 2. The van der Waals surface area contributed by atoms with Crippen LogP contribution in [0, 0.1) is 11.8 Å². The number of carbonyl (C=O) groups is 4. The van der Waals surface area contributed by atoms with E-state index in [-0.39, 0.29) is 60.7 Å². The van der Waals surface area contributed by atoms with Crippen LogP contribution in [0.25, 0.3) is 44.2 Å². The van der Waals surface area contributed by atoms with Crippen molar-refractivity contribution < 1.29 is 28.7 Å². The van der Waals surface area contributed by atoms with Gasteiger partial charge in [-0.1, -0.05) is 58.0 Å². The van der Waals surface area contributed by atoms with Crippen molar-refractivity contribution in [3.05, 3.63) is 72.4 Å². The zero-order chi connectivity index (χ0) is 40.4. The highest BCUT2D eigenvalue weighted by atomic mass is 35.5. The fraction of sp³-hybridized carbons (Fsp3) is 0.429. The molecule has 4 heterocycles. The Kier molecular flexibility index (Phi) is 14.4. The summed E-state index contributed by atoms with van der Waals surface area (Å²) in [6.07, 6.45) is 3.25. The quantitative estimate of drug-likeness (QED) is 0.0880. The van der Waals surface area contributed by atoms with Crippen molar-refractivity contribution in [3.63, 3.8) is 0 Å². The van der Waals surface area contributed by atoms with Crippen molar-refractivity contribution in [2.24, 2.45) is 11.8 Å². The summed E-state index contributed by atoms with van der Waals surface area (Å²) in [6, 6.07) is 17.4. The number of likely N-dealkylation sites (tertiary alicyclic amines) is 2. The predicted octanol–water partition coefficient (Wildman–Crippen LogP) is 7.85. The van der Waals surface area contributed by atoms with Crippen molar-refractivity contribution in [1.29, 1.82) is 0 Å². The van der Waals surface area contributed by atoms with Crippen LogP contribution in [0.5, 0.6) is 0 Å². The predicted molar refractivity (Wildman–Crippen MR) is 230 cm³/mol. The summed E-state index contributed by atoms with van der Waals surface area (Å²) >= 11 is 0. The van der Waals surface area contributed by atoms with Gasteiger partial charge < -0.3 is 45.2 Å². The number of ether oxygens (including phenoxy) is 2. The summed E-state index contributed by atoms with van der Waals surface area (Å²) in [4.78, 5) is 70.9. The summed E-state index contributed by atoms with van der Waals surface area (Å²) in [5.41, 5.74) is 5.64. The summed E-state index contributed by atoms with van der Waals surface area (Å²) in [5, 5.41) is 10.5. The maximum absolute atomic E-state index is 13.6. The molecule has 4 atom stereocenters. The molecule has 17 heteroatoms. The molecule has 7 rings (SSSR count). The Hall–Kier alpha value is -5.54. The fourth-order valence-corrected chi connectivity index (χ4v) is 7.87. The van der Waals surface area contributed by atoms with E-state index in [0.29, 0.717) is 13.1 Å². The van der Waals surface area contributed by atoms with Crippen LogP contribution in [-0.4, -0.2) is 93.4 Å². The molecule has 5 aromatic rings. The standard InChI is InChI=1S/C42H51N9O6.2ClH/c1-23(2)35(47-41(54)56-5)39(52)50-17-7-9-33(50)37-43-22-32(46-37)29-14-13-25-19-26(11-12-27(25)20-29)28-15-16-30-31(21-28)45-38(44-30)34-10-8-18-51(34)40(53)48-36(24(3)4)49-42(55)57-6;;/h11-16,19-24,33-36H,7-10,17-18H2,1-6H3,(H,43,46)(H,44,45)(H,47,54)(H,48,53)(H,49,55);2*1H/t33-,34-,35-,36-;;/m0../s1. The molecule has 0 saturated carbocycles. The minimum atomic E-state index is -0.692. The van der Waals surface area contributed by atoms with E-state index in [0.717, 1.165) is 81.5 Å². The average molecular weight is 851 g/mol. The lowest BCUT2D eigenvalue weighted by Gasteiger charge is -2.30. The van der Waals surface area contributed by atoms with Crippen LogP contribution >= 0.6 is 24.8 Å². The number of nitrogens with zero attached hydrogens (tertiary/aromatic N) is 4. The van der Waals surface area contributed by atoms with Gasteiger partial charge in [-0.2, -0.15) is 0 Å². The number of aromatic amines is 2. The third-order valence-electron chi connectivity index (χ3n) is 11.1. The highest BCUT2D eigenvalue weighted by Crippen LogP contribution is 2.35. The number of urea groups is 1. The second-order valence-corrected chi connectivity index (χ2v) is 15.5.